The number of halogens is 1. The summed E-state index contributed by atoms with van der Waals surface area (Å²) < 4.78 is 2.21. The highest BCUT2D eigenvalue weighted by Gasteiger charge is 2.04. The topological polar surface area (TPSA) is 50.7 Å². The lowest BCUT2D eigenvalue weighted by molar-refractivity contribution is 0.983. The van der Waals surface area contributed by atoms with Gasteiger partial charge in [0.2, 0.25) is 0 Å². The Morgan fingerprint density at radius 3 is 2.95 bits per heavy atom. The van der Waals surface area contributed by atoms with Crippen LogP contribution in [0.5, 0.6) is 0 Å². The van der Waals surface area contributed by atoms with Gasteiger partial charge in [0.1, 0.15) is 0 Å². The third-order valence-corrected chi connectivity index (χ3v) is 4.09. The highest BCUT2D eigenvalue weighted by atomic mass is 79.9. The molecular formula is C13H11BrN4S. The molecule has 0 fully saturated rings. The van der Waals surface area contributed by atoms with Crippen LogP contribution in [-0.2, 0) is 6.54 Å². The standard InChI is InChI=1S/C13H11BrN4S/c1-8-5-16-10(6-15-8)7-17-13-18-11-4-9(14)2-3-12(11)19-13/h2-6H,7H2,1H3,(H,17,18). The monoisotopic (exact) mass is 334 g/mol. The van der Waals surface area contributed by atoms with Gasteiger partial charge in [-0.05, 0) is 25.1 Å². The van der Waals surface area contributed by atoms with Crippen molar-refractivity contribution in [2.24, 2.45) is 0 Å². The Morgan fingerprint density at radius 2 is 2.16 bits per heavy atom. The van der Waals surface area contributed by atoms with E-state index in [0.717, 1.165) is 26.5 Å². The Balaban J connectivity index is 1.76. The number of aromatic nitrogens is 3. The summed E-state index contributed by atoms with van der Waals surface area (Å²) in [6, 6.07) is 6.10. The van der Waals surface area contributed by atoms with Gasteiger partial charge in [-0.3, -0.25) is 9.97 Å². The summed E-state index contributed by atoms with van der Waals surface area (Å²) in [6.45, 7) is 2.56. The average Bonchev–Trinajstić information content (AvgIpc) is 2.80. The number of hydrogen-bond acceptors (Lipinski definition) is 5. The quantitative estimate of drug-likeness (QED) is 0.792. The molecular weight excluding hydrogens is 324 g/mol. The molecule has 0 bridgehead atoms. The van der Waals surface area contributed by atoms with Crippen molar-refractivity contribution in [1.82, 2.24) is 15.0 Å². The van der Waals surface area contributed by atoms with Gasteiger partial charge in [0.15, 0.2) is 5.13 Å². The van der Waals surface area contributed by atoms with Crippen LogP contribution in [-0.4, -0.2) is 15.0 Å². The zero-order chi connectivity index (χ0) is 13.2. The van der Waals surface area contributed by atoms with Crippen LogP contribution in [0, 0.1) is 6.92 Å². The first-order chi connectivity index (χ1) is 9.20. The molecule has 0 aliphatic heterocycles. The fourth-order valence-corrected chi connectivity index (χ4v) is 2.84. The van der Waals surface area contributed by atoms with Crippen LogP contribution in [0.3, 0.4) is 0 Å². The van der Waals surface area contributed by atoms with Crippen molar-refractivity contribution >= 4 is 42.6 Å². The Kier molecular flexibility index (Phi) is 3.44. The van der Waals surface area contributed by atoms with E-state index in [1.54, 1.807) is 23.7 Å². The van der Waals surface area contributed by atoms with Crippen molar-refractivity contribution in [2.45, 2.75) is 13.5 Å². The summed E-state index contributed by atoms with van der Waals surface area (Å²) in [5.41, 5.74) is 2.83. The van der Waals surface area contributed by atoms with E-state index in [2.05, 4.69) is 42.3 Å². The molecule has 0 aliphatic carbocycles. The lowest BCUT2D eigenvalue weighted by atomic mass is 10.3. The van der Waals surface area contributed by atoms with Gasteiger partial charge >= 0.3 is 0 Å². The Hall–Kier alpha value is -1.53. The molecule has 19 heavy (non-hydrogen) atoms. The highest BCUT2D eigenvalue weighted by molar-refractivity contribution is 9.10. The van der Waals surface area contributed by atoms with Gasteiger partial charge < -0.3 is 5.32 Å². The molecule has 0 unspecified atom stereocenters. The van der Waals surface area contributed by atoms with Crippen molar-refractivity contribution in [3.63, 3.8) is 0 Å². The second kappa shape index (κ2) is 5.22. The van der Waals surface area contributed by atoms with Gasteiger partial charge in [0, 0.05) is 10.7 Å². The molecule has 96 valence electrons. The number of nitrogens with zero attached hydrogens (tertiary/aromatic N) is 3. The van der Waals surface area contributed by atoms with Crippen LogP contribution in [0.1, 0.15) is 11.4 Å². The molecule has 6 heteroatoms. The van der Waals surface area contributed by atoms with Gasteiger partial charge in [-0.1, -0.05) is 27.3 Å². The molecule has 0 saturated carbocycles. The highest BCUT2D eigenvalue weighted by Crippen LogP contribution is 2.28. The molecule has 2 heterocycles. The molecule has 0 saturated heterocycles. The van der Waals surface area contributed by atoms with E-state index in [1.165, 1.54) is 4.70 Å². The van der Waals surface area contributed by atoms with Gasteiger partial charge in [0.05, 0.1) is 34.3 Å². The van der Waals surface area contributed by atoms with Gasteiger partial charge in [0.25, 0.3) is 0 Å². The minimum atomic E-state index is 0.633. The van der Waals surface area contributed by atoms with Crippen molar-refractivity contribution in [3.05, 3.63) is 46.5 Å². The van der Waals surface area contributed by atoms with Crippen molar-refractivity contribution in [2.75, 3.05) is 5.32 Å². The summed E-state index contributed by atoms with van der Waals surface area (Å²) in [7, 11) is 0. The predicted octanol–water partition coefficient (Wildman–Crippen LogP) is 3.77. The normalized spacial score (nSPS) is 10.8. The van der Waals surface area contributed by atoms with E-state index in [0.29, 0.717) is 6.54 Å². The van der Waals surface area contributed by atoms with Crippen molar-refractivity contribution in [1.29, 1.82) is 0 Å². The number of anilines is 1. The van der Waals surface area contributed by atoms with Crippen LogP contribution < -0.4 is 5.32 Å². The average molecular weight is 335 g/mol. The maximum Gasteiger partial charge on any atom is 0.184 e. The largest absolute Gasteiger partial charge is 0.356 e. The molecule has 3 rings (SSSR count). The number of aryl methyl sites for hydroxylation is 1. The van der Waals surface area contributed by atoms with Gasteiger partial charge in [-0.2, -0.15) is 0 Å². The molecule has 3 aromatic rings. The molecule has 0 amide bonds. The van der Waals surface area contributed by atoms with Crippen LogP contribution in [0.4, 0.5) is 5.13 Å². The van der Waals surface area contributed by atoms with E-state index < -0.39 is 0 Å². The number of fused-ring (bicyclic) bond motifs is 1. The maximum absolute atomic E-state index is 4.54. The Morgan fingerprint density at radius 1 is 1.26 bits per heavy atom. The van der Waals surface area contributed by atoms with Crippen molar-refractivity contribution < 1.29 is 0 Å². The number of benzene rings is 1. The number of nitrogens with one attached hydrogen (secondary N) is 1. The molecule has 2 aromatic heterocycles. The smallest absolute Gasteiger partial charge is 0.184 e. The van der Waals surface area contributed by atoms with Crippen LogP contribution in [0.15, 0.2) is 35.1 Å². The zero-order valence-corrected chi connectivity index (χ0v) is 12.6. The minimum Gasteiger partial charge on any atom is -0.356 e. The van der Waals surface area contributed by atoms with Crippen LogP contribution >= 0.6 is 27.3 Å². The first kappa shape index (κ1) is 12.5. The number of thiazole rings is 1. The van der Waals surface area contributed by atoms with E-state index in [9.17, 15) is 0 Å². The maximum atomic E-state index is 4.54. The van der Waals surface area contributed by atoms with E-state index >= 15 is 0 Å². The molecule has 4 nitrogen and oxygen atoms in total. The van der Waals surface area contributed by atoms with Crippen LogP contribution in [0.2, 0.25) is 0 Å². The van der Waals surface area contributed by atoms with E-state index in [-0.39, 0.29) is 0 Å². The fraction of sp³-hybridized carbons (Fsp3) is 0.154. The summed E-state index contributed by atoms with van der Waals surface area (Å²) in [5, 5.41) is 4.18. The summed E-state index contributed by atoms with van der Waals surface area (Å²) in [6.07, 6.45) is 3.55. The lowest BCUT2D eigenvalue weighted by Crippen LogP contribution is -2.02. The number of hydrogen-bond donors (Lipinski definition) is 1. The van der Waals surface area contributed by atoms with E-state index in [1.807, 2.05) is 19.1 Å². The van der Waals surface area contributed by atoms with Gasteiger partial charge in [-0.25, -0.2) is 4.98 Å². The number of rotatable bonds is 3. The molecule has 1 aromatic carbocycles. The predicted molar refractivity (Wildman–Crippen MR) is 81.4 cm³/mol. The molecule has 0 atom stereocenters. The summed E-state index contributed by atoms with van der Waals surface area (Å²) >= 11 is 5.09. The lowest BCUT2D eigenvalue weighted by Gasteiger charge is -2.01. The third kappa shape index (κ3) is 2.90. The second-order valence-electron chi connectivity index (χ2n) is 4.13. The SMILES string of the molecule is Cc1cnc(CNc2nc3cc(Br)ccc3s2)cn1. The molecule has 0 aliphatic rings. The van der Waals surface area contributed by atoms with Crippen LogP contribution in [0.25, 0.3) is 10.2 Å². The summed E-state index contributed by atoms with van der Waals surface area (Å²) in [4.78, 5) is 13.1. The molecule has 0 radical (unpaired) electrons. The first-order valence-electron chi connectivity index (χ1n) is 5.78. The Labute approximate surface area is 123 Å². The molecule has 0 spiro atoms. The first-order valence-corrected chi connectivity index (χ1v) is 7.39. The van der Waals surface area contributed by atoms with E-state index in [4.69, 9.17) is 0 Å². The summed E-state index contributed by atoms with van der Waals surface area (Å²) in [5.74, 6) is 0. The zero-order valence-electron chi connectivity index (χ0n) is 10.2. The Bertz CT molecular complexity index is 708. The van der Waals surface area contributed by atoms with Crippen molar-refractivity contribution in [3.8, 4) is 0 Å². The second-order valence-corrected chi connectivity index (χ2v) is 6.08. The molecule has 1 N–H and O–H groups in total. The van der Waals surface area contributed by atoms with Gasteiger partial charge in [-0.15, -0.1) is 0 Å². The minimum absolute atomic E-state index is 0.633. The fourth-order valence-electron chi connectivity index (χ4n) is 1.65. The third-order valence-electron chi connectivity index (χ3n) is 2.60.